The molecule has 5 heteroatoms. The van der Waals surface area contributed by atoms with E-state index < -0.39 is 0 Å². The number of hydrogen-bond donors (Lipinski definition) is 0. The first-order valence-corrected chi connectivity index (χ1v) is 16.3. The number of fused-ring (bicyclic) bond motifs is 6. The van der Waals surface area contributed by atoms with Crippen LogP contribution in [0.2, 0.25) is 0 Å². The zero-order valence-electron chi connectivity index (χ0n) is 26.2. The summed E-state index contributed by atoms with van der Waals surface area (Å²) in [6, 6.07) is 50.3. The molecule has 0 aliphatic heterocycles. The van der Waals surface area contributed by atoms with Crippen molar-refractivity contribution >= 4 is 54.3 Å². The second-order valence-electron chi connectivity index (χ2n) is 12.3. The molecular formula is C44H26N4O. The van der Waals surface area contributed by atoms with Gasteiger partial charge >= 0.3 is 0 Å². The molecule has 0 fully saturated rings. The van der Waals surface area contributed by atoms with E-state index in [0.717, 1.165) is 76.7 Å². The monoisotopic (exact) mass is 626 g/mol. The lowest BCUT2D eigenvalue weighted by Gasteiger charge is -2.14. The molecule has 0 amide bonds. The van der Waals surface area contributed by atoms with Gasteiger partial charge in [-0.3, -0.25) is 4.98 Å². The fourth-order valence-corrected chi connectivity index (χ4v) is 7.03. The minimum absolute atomic E-state index is 0.630. The molecule has 0 saturated carbocycles. The Bertz CT molecular complexity index is 2890. The van der Waals surface area contributed by atoms with Crippen LogP contribution >= 0.6 is 0 Å². The van der Waals surface area contributed by atoms with Crippen LogP contribution < -0.4 is 0 Å². The summed E-state index contributed by atoms with van der Waals surface area (Å²) in [6.07, 6.45) is 3.72. The average Bonchev–Trinajstić information content (AvgIpc) is 3.54. The van der Waals surface area contributed by atoms with Crippen molar-refractivity contribution in [2.45, 2.75) is 0 Å². The van der Waals surface area contributed by atoms with E-state index in [1.54, 1.807) is 0 Å². The Morgan fingerprint density at radius 1 is 0.388 bits per heavy atom. The molecule has 0 unspecified atom stereocenters. The first kappa shape index (κ1) is 27.4. The molecule has 10 aromatic rings. The van der Waals surface area contributed by atoms with Crippen LogP contribution in [0.5, 0.6) is 0 Å². The van der Waals surface area contributed by atoms with E-state index in [2.05, 4.69) is 108 Å². The quantitative estimate of drug-likeness (QED) is 0.194. The van der Waals surface area contributed by atoms with Crippen molar-refractivity contribution in [3.63, 3.8) is 0 Å². The number of benzene rings is 7. The third-order valence-electron chi connectivity index (χ3n) is 9.38. The van der Waals surface area contributed by atoms with Crippen molar-refractivity contribution in [2.24, 2.45) is 0 Å². The highest BCUT2D eigenvalue weighted by Gasteiger charge is 2.19. The van der Waals surface area contributed by atoms with Crippen LogP contribution in [0.15, 0.2) is 162 Å². The summed E-state index contributed by atoms with van der Waals surface area (Å²) < 4.78 is 6.42. The molecule has 0 aliphatic carbocycles. The SMILES string of the molecule is c1ccc(-c2nc(-c3ccc4ccccc4c3)nc(-c3ccc(-c4cccc5oc6cc7ccncc7cc6c45)c4ccccc34)n2)cc1. The zero-order valence-corrected chi connectivity index (χ0v) is 26.2. The van der Waals surface area contributed by atoms with Gasteiger partial charge in [-0.1, -0.05) is 109 Å². The maximum Gasteiger partial charge on any atom is 0.164 e. The van der Waals surface area contributed by atoms with Crippen molar-refractivity contribution in [3.05, 3.63) is 158 Å². The predicted octanol–water partition coefficient (Wildman–Crippen LogP) is 11.3. The molecule has 10 rings (SSSR count). The van der Waals surface area contributed by atoms with Gasteiger partial charge in [0.2, 0.25) is 0 Å². The Labute approximate surface area is 281 Å². The number of furan rings is 1. The summed E-state index contributed by atoms with van der Waals surface area (Å²) in [5.41, 5.74) is 6.78. The minimum atomic E-state index is 0.630. The molecule has 0 bridgehead atoms. The standard InChI is InChI=1S/C44H26N4O/c1-2-10-28(11-3-1)42-46-43(31-18-17-27-9-4-5-12-29(27)23-31)48-44(47-42)37-20-19-35(33-13-6-7-14-34(33)37)36-15-8-16-39-41(36)38-24-32-26-45-22-21-30(32)25-40(38)49-39/h1-26H. The van der Waals surface area contributed by atoms with Crippen molar-refractivity contribution in [1.82, 2.24) is 19.9 Å². The van der Waals surface area contributed by atoms with E-state index in [1.807, 2.05) is 54.9 Å². The fourth-order valence-electron chi connectivity index (χ4n) is 7.03. The molecule has 0 spiro atoms. The van der Waals surface area contributed by atoms with E-state index in [9.17, 15) is 0 Å². The summed E-state index contributed by atoms with van der Waals surface area (Å²) in [7, 11) is 0. The molecular weight excluding hydrogens is 601 g/mol. The van der Waals surface area contributed by atoms with Gasteiger partial charge in [0.1, 0.15) is 11.2 Å². The molecule has 7 aromatic carbocycles. The Balaban J connectivity index is 1.19. The van der Waals surface area contributed by atoms with Crippen LogP contribution in [-0.2, 0) is 0 Å². The van der Waals surface area contributed by atoms with Gasteiger partial charge in [-0.05, 0) is 74.5 Å². The predicted molar refractivity (Wildman–Crippen MR) is 199 cm³/mol. The van der Waals surface area contributed by atoms with Gasteiger partial charge < -0.3 is 4.42 Å². The molecule has 0 saturated heterocycles. The maximum atomic E-state index is 6.42. The zero-order chi connectivity index (χ0) is 32.3. The molecule has 228 valence electrons. The average molecular weight is 627 g/mol. The highest BCUT2D eigenvalue weighted by atomic mass is 16.3. The largest absolute Gasteiger partial charge is 0.456 e. The molecule has 0 atom stereocenters. The normalized spacial score (nSPS) is 11.7. The highest BCUT2D eigenvalue weighted by Crippen LogP contribution is 2.42. The van der Waals surface area contributed by atoms with Crippen LogP contribution in [0.25, 0.3) is 99.5 Å². The van der Waals surface area contributed by atoms with Crippen molar-refractivity contribution in [1.29, 1.82) is 0 Å². The fraction of sp³-hybridized carbons (Fsp3) is 0. The first-order chi connectivity index (χ1) is 24.3. The molecule has 49 heavy (non-hydrogen) atoms. The molecule has 3 aromatic heterocycles. The molecule has 3 heterocycles. The highest BCUT2D eigenvalue weighted by molar-refractivity contribution is 6.18. The molecule has 0 radical (unpaired) electrons. The second-order valence-corrected chi connectivity index (χ2v) is 12.3. The maximum absolute atomic E-state index is 6.42. The number of pyridine rings is 1. The minimum Gasteiger partial charge on any atom is -0.456 e. The molecule has 0 N–H and O–H groups in total. The number of aromatic nitrogens is 4. The van der Waals surface area contributed by atoms with Crippen LogP contribution in [0.3, 0.4) is 0 Å². The van der Waals surface area contributed by atoms with E-state index in [-0.39, 0.29) is 0 Å². The van der Waals surface area contributed by atoms with Crippen LogP contribution in [0.1, 0.15) is 0 Å². The van der Waals surface area contributed by atoms with Gasteiger partial charge in [0.15, 0.2) is 17.5 Å². The lowest BCUT2D eigenvalue weighted by atomic mass is 9.92. The van der Waals surface area contributed by atoms with Crippen molar-refractivity contribution < 1.29 is 4.42 Å². The van der Waals surface area contributed by atoms with Crippen molar-refractivity contribution in [2.75, 3.05) is 0 Å². The summed E-state index contributed by atoms with van der Waals surface area (Å²) in [4.78, 5) is 19.6. The Hall–Kier alpha value is -6.72. The number of rotatable bonds is 4. The smallest absolute Gasteiger partial charge is 0.164 e. The van der Waals surface area contributed by atoms with Gasteiger partial charge in [0, 0.05) is 45.2 Å². The number of nitrogens with zero attached hydrogens (tertiary/aromatic N) is 4. The summed E-state index contributed by atoms with van der Waals surface area (Å²) in [5, 5.41) is 8.84. The van der Waals surface area contributed by atoms with Crippen LogP contribution in [0.4, 0.5) is 0 Å². The van der Waals surface area contributed by atoms with Crippen LogP contribution in [-0.4, -0.2) is 19.9 Å². The van der Waals surface area contributed by atoms with Gasteiger partial charge in [-0.25, -0.2) is 15.0 Å². The summed E-state index contributed by atoms with van der Waals surface area (Å²) in [5.74, 6) is 1.91. The van der Waals surface area contributed by atoms with Crippen molar-refractivity contribution in [3.8, 4) is 45.3 Å². The van der Waals surface area contributed by atoms with Gasteiger partial charge in [-0.2, -0.15) is 0 Å². The lowest BCUT2D eigenvalue weighted by Crippen LogP contribution is -2.00. The third-order valence-corrected chi connectivity index (χ3v) is 9.38. The third kappa shape index (κ3) is 4.55. The van der Waals surface area contributed by atoms with Gasteiger partial charge in [-0.15, -0.1) is 0 Å². The molecule has 5 nitrogen and oxygen atoms in total. The van der Waals surface area contributed by atoms with Gasteiger partial charge in [0.25, 0.3) is 0 Å². The topological polar surface area (TPSA) is 64.7 Å². The van der Waals surface area contributed by atoms with Gasteiger partial charge in [0.05, 0.1) is 0 Å². The lowest BCUT2D eigenvalue weighted by molar-refractivity contribution is 0.669. The number of hydrogen-bond acceptors (Lipinski definition) is 5. The summed E-state index contributed by atoms with van der Waals surface area (Å²) >= 11 is 0. The Kier molecular flexibility index (Phi) is 6.11. The summed E-state index contributed by atoms with van der Waals surface area (Å²) in [6.45, 7) is 0. The van der Waals surface area contributed by atoms with E-state index in [0.29, 0.717) is 17.5 Å². The molecule has 0 aliphatic rings. The van der Waals surface area contributed by atoms with E-state index >= 15 is 0 Å². The first-order valence-electron chi connectivity index (χ1n) is 16.3. The Morgan fingerprint density at radius 3 is 1.98 bits per heavy atom. The second kappa shape index (κ2) is 10.9. The Morgan fingerprint density at radius 2 is 1.10 bits per heavy atom. The van der Waals surface area contributed by atoms with Crippen LogP contribution in [0, 0.1) is 0 Å². The van der Waals surface area contributed by atoms with E-state index in [1.165, 1.54) is 5.39 Å². The van der Waals surface area contributed by atoms with E-state index in [4.69, 9.17) is 19.4 Å².